The topological polar surface area (TPSA) is 55.1 Å². The van der Waals surface area contributed by atoms with Crippen LogP contribution < -0.4 is 11.1 Å². The number of hydrogen-bond acceptors (Lipinski definition) is 2. The van der Waals surface area contributed by atoms with E-state index < -0.39 is 0 Å². The predicted octanol–water partition coefficient (Wildman–Crippen LogP) is 2.69. The summed E-state index contributed by atoms with van der Waals surface area (Å²) in [7, 11) is 0. The molecule has 18 heavy (non-hydrogen) atoms. The number of rotatable bonds is 4. The largest absolute Gasteiger partial charge is 0.355 e. The average molecular weight is 254 g/mol. The molecular formula is C15H30N2O. The molecule has 0 aromatic carbocycles. The fourth-order valence-electron chi connectivity index (χ4n) is 2.31. The molecule has 0 bridgehead atoms. The van der Waals surface area contributed by atoms with Crippen LogP contribution in [0.1, 0.15) is 59.8 Å². The van der Waals surface area contributed by atoms with Crippen LogP contribution in [0.25, 0.3) is 0 Å². The molecule has 2 unspecified atom stereocenters. The van der Waals surface area contributed by atoms with Gasteiger partial charge in [-0.1, -0.05) is 47.0 Å². The van der Waals surface area contributed by atoms with Gasteiger partial charge in [-0.25, -0.2) is 0 Å². The lowest BCUT2D eigenvalue weighted by molar-refractivity contribution is -0.126. The molecule has 0 heterocycles. The molecule has 1 rings (SSSR count). The van der Waals surface area contributed by atoms with E-state index in [4.69, 9.17) is 5.73 Å². The Morgan fingerprint density at radius 2 is 1.89 bits per heavy atom. The van der Waals surface area contributed by atoms with Crippen molar-refractivity contribution in [3.8, 4) is 0 Å². The molecule has 0 aromatic heterocycles. The molecule has 1 aliphatic carbocycles. The molecule has 0 aromatic rings. The Balaban J connectivity index is 2.49. The SMILES string of the molecule is CC(C)C(C)(C)CNC(=O)C1CCCCCC1N. The Hall–Kier alpha value is -0.570. The van der Waals surface area contributed by atoms with Crippen LogP contribution >= 0.6 is 0 Å². The summed E-state index contributed by atoms with van der Waals surface area (Å²) in [5.41, 5.74) is 6.26. The van der Waals surface area contributed by atoms with Crippen molar-refractivity contribution in [1.82, 2.24) is 5.32 Å². The van der Waals surface area contributed by atoms with E-state index in [1.165, 1.54) is 12.8 Å². The second-order valence-electron chi connectivity index (χ2n) is 6.77. The van der Waals surface area contributed by atoms with Crippen LogP contribution in [0.4, 0.5) is 0 Å². The molecule has 0 saturated heterocycles. The van der Waals surface area contributed by atoms with Crippen LogP contribution in [0.15, 0.2) is 0 Å². The van der Waals surface area contributed by atoms with Crippen molar-refractivity contribution in [2.45, 2.75) is 65.8 Å². The summed E-state index contributed by atoms with van der Waals surface area (Å²) in [5.74, 6) is 0.745. The number of nitrogens with two attached hydrogens (primary N) is 1. The Morgan fingerprint density at radius 3 is 2.50 bits per heavy atom. The highest BCUT2D eigenvalue weighted by atomic mass is 16.1. The molecule has 3 heteroatoms. The van der Waals surface area contributed by atoms with Crippen molar-refractivity contribution in [2.24, 2.45) is 23.0 Å². The Labute approximate surface area is 112 Å². The van der Waals surface area contributed by atoms with Crippen LogP contribution in [0.3, 0.4) is 0 Å². The highest BCUT2D eigenvalue weighted by molar-refractivity contribution is 5.79. The lowest BCUT2D eigenvalue weighted by Crippen LogP contribution is -2.45. The van der Waals surface area contributed by atoms with Gasteiger partial charge in [0.2, 0.25) is 5.91 Å². The zero-order valence-electron chi connectivity index (χ0n) is 12.5. The zero-order chi connectivity index (χ0) is 13.8. The first kappa shape index (κ1) is 15.5. The van der Waals surface area contributed by atoms with E-state index in [1.54, 1.807) is 0 Å². The quantitative estimate of drug-likeness (QED) is 0.758. The molecular weight excluding hydrogens is 224 g/mol. The number of nitrogens with one attached hydrogen (secondary N) is 1. The standard InChI is InChI=1S/C15H30N2O/c1-11(2)15(3,4)10-17-14(18)12-8-6-5-7-9-13(12)16/h11-13H,5-10,16H2,1-4H3,(H,17,18). The van der Waals surface area contributed by atoms with Crippen molar-refractivity contribution >= 4 is 5.91 Å². The van der Waals surface area contributed by atoms with Gasteiger partial charge in [0.1, 0.15) is 0 Å². The number of carbonyl (C=O) groups is 1. The number of hydrogen-bond donors (Lipinski definition) is 2. The van der Waals surface area contributed by atoms with Crippen LogP contribution in [0, 0.1) is 17.3 Å². The Bertz CT molecular complexity index is 274. The van der Waals surface area contributed by atoms with Gasteiger partial charge in [0.15, 0.2) is 0 Å². The third-order valence-corrected chi connectivity index (χ3v) is 4.69. The van der Waals surface area contributed by atoms with E-state index in [0.717, 1.165) is 25.8 Å². The second-order valence-corrected chi connectivity index (χ2v) is 6.77. The fraction of sp³-hybridized carbons (Fsp3) is 0.933. The molecule has 3 N–H and O–H groups in total. The van der Waals surface area contributed by atoms with Crippen molar-refractivity contribution in [1.29, 1.82) is 0 Å². The maximum Gasteiger partial charge on any atom is 0.224 e. The minimum absolute atomic E-state index is 0.0236. The summed E-state index contributed by atoms with van der Waals surface area (Å²) in [5, 5.41) is 3.11. The first-order valence-electron chi connectivity index (χ1n) is 7.38. The highest BCUT2D eigenvalue weighted by Gasteiger charge is 2.29. The zero-order valence-corrected chi connectivity index (χ0v) is 12.5. The maximum atomic E-state index is 12.2. The molecule has 0 radical (unpaired) electrons. The van der Waals surface area contributed by atoms with Gasteiger partial charge >= 0.3 is 0 Å². The smallest absolute Gasteiger partial charge is 0.224 e. The molecule has 1 saturated carbocycles. The molecule has 0 aliphatic heterocycles. The van der Waals surface area contributed by atoms with E-state index in [9.17, 15) is 4.79 Å². The lowest BCUT2D eigenvalue weighted by atomic mass is 9.81. The third-order valence-electron chi connectivity index (χ3n) is 4.69. The molecule has 1 amide bonds. The van der Waals surface area contributed by atoms with Crippen molar-refractivity contribution in [3.05, 3.63) is 0 Å². The van der Waals surface area contributed by atoms with E-state index in [0.29, 0.717) is 5.92 Å². The molecule has 1 aliphatic rings. The maximum absolute atomic E-state index is 12.2. The van der Waals surface area contributed by atoms with Crippen molar-refractivity contribution < 1.29 is 4.79 Å². The van der Waals surface area contributed by atoms with Gasteiger partial charge in [-0.05, 0) is 24.2 Å². The van der Waals surface area contributed by atoms with E-state index in [-0.39, 0.29) is 23.3 Å². The van der Waals surface area contributed by atoms with Crippen LogP contribution in [0.5, 0.6) is 0 Å². The summed E-state index contributed by atoms with van der Waals surface area (Å²) in [6, 6.07) is 0.0506. The second kappa shape index (κ2) is 6.55. The van der Waals surface area contributed by atoms with Gasteiger partial charge in [0, 0.05) is 12.6 Å². The molecule has 0 spiro atoms. The predicted molar refractivity (Wildman–Crippen MR) is 76.2 cm³/mol. The Morgan fingerprint density at radius 1 is 1.28 bits per heavy atom. The summed E-state index contributed by atoms with van der Waals surface area (Å²) in [6.07, 6.45) is 5.47. The molecule has 1 fully saturated rings. The van der Waals surface area contributed by atoms with Gasteiger partial charge in [-0.2, -0.15) is 0 Å². The molecule has 3 nitrogen and oxygen atoms in total. The summed E-state index contributed by atoms with van der Waals surface area (Å²) < 4.78 is 0. The third kappa shape index (κ3) is 4.27. The first-order valence-corrected chi connectivity index (χ1v) is 7.38. The van der Waals surface area contributed by atoms with Gasteiger partial charge < -0.3 is 11.1 Å². The summed E-state index contributed by atoms with van der Waals surface area (Å²) >= 11 is 0. The summed E-state index contributed by atoms with van der Waals surface area (Å²) in [4.78, 5) is 12.2. The van der Waals surface area contributed by atoms with Crippen molar-refractivity contribution in [2.75, 3.05) is 6.54 Å². The van der Waals surface area contributed by atoms with Gasteiger partial charge in [-0.15, -0.1) is 0 Å². The Kier molecular flexibility index (Phi) is 5.64. The lowest BCUT2D eigenvalue weighted by Gasteiger charge is -2.30. The first-order chi connectivity index (χ1) is 8.34. The van der Waals surface area contributed by atoms with Gasteiger partial charge in [0.25, 0.3) is 0 Å². The van der Waals surface area contributed by atoms with E-state index >= 15 is 0 Å². The van der Waals surface area contributed by atoms with Crippen LogP contribution in [0.2, 0.25) is 0 Å². The normalized spacial score (nSPS) is 25.9. The van der Waals surface area contributed by atoms with Crippen LogP contribution in [-0.2, 0) is 4.79 Å². The number of carbonyl (C=O) groups excluding carboxylic acids is 1. The average Bonchev–Trinajstić information content (AvgIpc) is 2.50. The molecule has 2 atom stereocenters. The van der Waals surface area contributed by atoms with E-state index in [1.807, 2.05) is 0 Å². The van der Waals surface area contributed by atoms with Crippen molar-refractivity contribution in [3.63, 3.8) is 0 Å². The van der Waals surface area contributed by atoms with Gasteiger partial charge in [0.05, 0.1) is 5.92 Å². The van der Waals surface area contributed by atoms with Crippen LogP contribution in [-0.4, -0.2) is 18.5 Å². The number of amides is 1. The highest BCUT2D eigenvalue weighted by Crippen LogP contribution is 2.26. The fourth-order valence-corrected chi connectivity index (χ4v) is 2.31. The summed E-state index contributed by atoms with van der Waals surface area (Å²) in [6.45, 7) is 9.54. The van der Waals surface area contributed by atoms with E-state index in [2.05, 4.69) is 33.0 Å². The monoisotopic (exact) mass is 254 g/mol. The van der Waals surface area contributed by atoms with Gasteiger partial charge in [-0.3, -0.25) is 4.79 Å². The molecule has 106 valence electrons. The minimum Gasteiger partial charge on any atom is -0.355 e. The minimum atomic E-state index is 0.0236.